The maximum Gasteiger partial charge on any atom is 0.213 e. The van der Waals surface area contributed by atoms with Crippen molar-refractivity contribution in [3.8, 4) is 0 Å². The Labute approximate surface area is 97.6 Å². The quantitative estimate of drug-likeness (QED) is 0.639. The number of benzene rings is 1. The molecule has 0 atom stereocenters. The average molecular weight is 236 g/mol. The molecule has 1 aromatic carbocycles. The van der Waals surface area contributed by atoms with E-state index in [0.717, 1.165) is 0 Å². The molecule has 0 saturated heterocycles. The Bertz CT molecular complexity index is 548. The van der Waals surface area contributed by atoms with Crippen molar-refractivity contribution in [2.45, 2.75) is 0 Å². The van der Waals surface area contributed by atoms with Crippen LogP contribution in [0.5, 0.6) is 0 Å². The van der Waals surface area contributed by atoms with Crippen molar-refractivity contribution < 1.29 is 4.79 Å². The van der Waals surface area contributed by atoms with Gasteiger partial charge in [0, 0.05) is 18.8 Å². The number of carbonyl (C=O) groups excluding carboxylic acids is 1. The van der Waals surface area contributed by atoms with Gasteiger partial charge in [0.1, 0.15) is 5.69 Å². The number of hydrogen-bond acceptors (Lipinski definition) is 3. The van der Waals surface area contributed by atoms with Gasteiger partial charge in [-0.3, -0.25) is 9.48 Å². The van der Waals surface area contributed by atoms with Crippen molar-refractivity contribution in [1.29, 1.82) is 0 Å². The Hall–Kier alpha value is -1.81. The molecule has 0 saturated carbocycles. The summed E-state index contributed by atoms with van der Waals surface area (Å²) in [5.41, 5.74) is 6.94. The van der Waals surface area contributed by atoms with Crippen LogP contribution in [0.15, 0.2) is 30.5 Å². The molecule has 0 aliphatic carbocycles. The number of nitrogens with zero attached hydrogens (tertiary/aromatic N) is 2. The van der Waals surface area contributed by atoms with Crippen LogP contribution in [0.4, 0.5) is 5.69 Å². The summed E-state index contributed by atoms with van der Waals surface area (Å²) >= 11 is 5.86. The summed E-state index contributed by atoms with van der Waals surface area (Å²) in [6.07, 6.45) is 1.56. The first-order chi connectivity index (χ1) is 7.61. The number of aryl methyl sites for hydroxylation is 1. The highest BCUT2D eigenvalue weighted by molar-refractivity contribution is 6.34. The maximum absolute atomic E-state index is 12.1. The first kappa shape index (κ1) is 10.7. The fourth-order valence-electron chi connectivity index (χ4n) is 1.47. The lowest BCUT2D eigenvalue weighted by molar-refractivity contribution is 0.103. The standard InChI is InChI=1S/C11H10ClN3O/c1-15-9(5-6-14-15)11(16)7-3-2-4-8(12)10(7)13/h2-6H,13H2,1H3. The molecule has 2 aromatic rings. The van der Waals surface area contributed by atoms with Gasteiger partial charge in [-0.05, 0) is 18.2 Å². The van der Waals surface area contributed by atoms with Crippen molar-refractivity contribution in [2.75, 3.05) is 5.73 Å². The topological polar surface area (TPSA) is 60.9 Å². The zero-order valence-corrected chi connectivity index (χ0v) is 9.40. The third-order valence-corrected chi connectivity index (χ3v) is 2.68. The van der Waals surface area contributed by atoms with E-state index in [1.54, 1.807) is 37.5 Å². The number of halogens is 1. The molecular formula is C11H10ClN3O. The Morgan fingerprint density at radius 1 is 1.44 bits per heavy atom. The van der Waals surface area contributed by atoms with E-state index in [1.165, 1.54) is 4.68 Å². The van der Waals surface area contributed by atoms with Crippen LogP contribution in [0.3, 0.4) is 0 Å². The number of aromatic nitrogens is 2. The van der Waals surface area contributed by atoms with Gasteiger partial charge in [0.2, 0.25) is 5.78 Å². The molecular weight excluding hydrogens is 226 g/mol. The molecule has 0 aliphatic heterocycles. The van der Waals surface area contributed by atoms with Gasteiger partial charge in [0.25, 0.3) is 0 Å². The van der Waals surface area contributed by atoms with Gasteiger partial charge in [-0.2, -0.15) is 5.10 Å². The Balaban J connectivity index is 2.50. The van der Waals surface area contributed by atoms with E-state index in [2.05, 4.69) is 5.10 Å². The smallest absolute Gasteiger partial charge is 0.213 e. The van der Waals surface area contributed by atoms with Gasteiger partial charge in [-0.1, -0.05) is 17.7 Å². The first-order valence-electron chi connectivity index (χ1n) is 4.68. The lowest BCUT2D eigenvalue weighted by atomic mass is 10.1. The van der Waals surface area contributed by atoms with Gasteiger partial charge in [-0.15, -0.1) is 0 Å². The molecule has 82 valence electrons. The van der Waals surface area contributed by atoms with Crippen molar-refractivity contribution in [3.05, 3.63) is 46.7 Å². The summed E-state index contributed by atoms with van der Waals surface area (Å²) in [5.74, 6) is -0.181. The number of ketones is 1. The average Bonchev–Trinajstić information content (AvgIpc) is 2.68. The van der Waals surface area contributed by atoms with Gasteiger partial charge < -0.3 is 5.73 Å². The van der Waals surface area contributed by atoms with Gasteiger partial charge in [0.15, 0.2) is 0 Å². The zero-order valence-electron chi connectivity index (χ0n) is 8.64. The largest absolute Gasteiger partial charge is 0.397 e. The molecule has 5 heteroatoms. The van der Waals surface area contributed by atoms with Crippen LogP contribution in [0, 0.1) is 0 Å². The highest BCUT2D eigenvalue weighted by Crippen LogP contribution is 2.24. The van der Waals surface area contributed by atoms with E-state index in [0.29, 0.717) is 22.0 Å². The molecule has 1 heterocycles. The molecule has 0 fully saturated rings. The van der Waals surface area contributed by atoms with Crippen LogP contribution in [-0.4, -0.2) is 15.6 Å². The Morgan fingerprint density at radius 3 is 2.81 bits per heavy atom. The number of nitrogen functional groups attached to an aromatic ring is 1. The first-order valence-corrected chi connectivity index (χ1v) is 5.05. The van der Waals surface area contributed by atoms with E-state index in [1.807, 2.05) is 0 Å². The monoisotopic (exact) mass is 235 g/mol. The normalized spacial score (nSPS) is 10.4. The highest BCUT2D eigenvalue weighted by atomic mass is 35.5. The maximum atomic E-state index is 12.1. The summed E-state index contributed by atoms with van der Waals surface area (Å²) in [5, 5.41) is 4.32. The van der Waals surface area contributed by atoms with Crippen LogP contribution in [0.1, 0.15) is 16.1 Å². The Kier molecular flexibility index (Phi) is 2.66. The number of nitrogens with two attached hydrogens (primary N) is 1. The number of carbonyl (C=O) groups is 1. The summed E-state index contributed by atoms with van der Waals surface area (Å²) in [7, 11) is 1.70. The van der Waals surface area contributed by atoms with Crippen LogP contribution < -0.4 is 5.73 Å². The summed E-state index contributed by atoms with van der Waals surface area (Å²) in [6, 6.07) is 6.64. The van der Waals surface area contributed by atoms with E-state index >= 15 is 0 Å². The lowest BCUT2D eigenvalue weighted by Gasteiger charge is -2.06. The van der Waals surface area contributed by atoms with Gasteiger partial charge in [-0.25, -0.2) is 0 Å². The molecule has 0 aliphatic rings. The van der Waals surface area contributed by atoms with Crippen molar-refractivity contribution >= 4 is 23.1 Å². The molecule has 1 aromatic heterocycles. The van der Waals surface area contributed by atoms with E-state index < -0.39 is 0 Å². The van der Waals surface area contributed by atoms with Crippen LogP contribution in [-0.2, 0) is 7.05 Å². The minimum Gasteiger partial charge on any atom is -0.397 e. The molecule has 2 N–H and O–H groups in total. The number of hydrogen-bond donors (Lipinski definition) is 1. The van der Waals surface area contributed by atoms with Crippen molar-refractivity contribution in [3.63, 3.8) is 0 Å². The summed E-state index contributed by atoms with van der Waals surface area (Å²) < 4.78 is 1.50. The second kappa shape index (κ2) is 3.98. The minimum atomic E-state index is -0.181. The zero-order chi connectivity index (χ0) is 11.7. The highest BCUT2D eigenvalue weighted by Gasteiger charge is 2.16. The molecule has 0 bridgehead atoms. The SMILES string of the molecule is Cn1nccc1C(=O)c1cccc(Cl)c1N. The van der Waals surface area contributed by atoms with Crippen molar-refractivity contribution in [1.82, 2.24) is 9.78 Å². The third-order valence-electron chi connectivity index (χ3n) is 2.35. The Morgan fingerprint density at radius 2 is 2.19 bits per heavy atom. The van der Waals surface area contributed by atoms with Gasteiger partial charge in [0.05, 0.1) is 10.7 Å². The molecule has 0 radical (unpaired) electrons. The molecule has 0 amide bonds. The molecule has 16 heavy (non-hydrogen) atoms. The number of rotatable bonds is 2. The summed E-state index contributed by atoms with van der Waals surface area (Å²) in [4.78, 5) is 12.1. The lowest BCUT2D eigenvalue weighted by Crippen LogP contribution is -2.10. The van der Waals surface area contributed by atoms with Crippen molar-refractivity contribution in [2.24, 2.45) is 7.05 Å². The second-order valence-electron chi connectivity index (χ2n) is 3.37. The summed E-state index contributed by atoms with van der Waals surface area (Å²) in [6.45, 7) is 0. The van der Waals surface area contributed by atoms with E-state index in [-0.39, 0.29) is 5.78 Å². The predicted molar refractivity (Wildman–Crippen MR) is 62.5 cm³/mol. The second-order valence-corrected chi connectivity index (χ2v) is 3.78. The van der Waals surface area contributed by atoms with Crippen LogP contribution >= 0.6 is 11.6 Å². The third kappa shape index (κ3) is 1.67. The molecule has 4 nitrogen and oxygen atoms in total. The molecule has 2 rings (SSSR count). The molecule has 0 unspecified atom stereocenters. The predicted octanol–water partition coefficient (Wildman–Crippen LogP) is 1.89. The van der Waals surface area contributed by atoms with Crippen LogP contribution in [0.25, 0.3) is 0 Å². The fraction of sp³-hybridized carbons (Fsp3) is 0.0909. The van der Waals surface area contributed by atoms with E-state index in [9.17, 15) is 4.79 Å². The number of anilines is 1. The van der Waals surface area contributed by atoms with Crippen LogP contribution in [0.2, 0.25) is 5.02 Å². The number of para-hydroxylation sites is 1. The molecule has 0 spiro atoms. The van der Waals surface area contributed by atoms with Gasteiger partial charge >= 0.3 is 0 Å². The van der Waals surface area contributed by atoms with E-state index in [4.69, 9.17) is 17.3 Å². The fourth-order valence-corrected chi connectivity index (χ4v) is 1.64. The minimum absolute atomic E-state index is 0.181.